The molecule has 0 radical (unpaired) electrons. The minimum absolute atomic E-state index is 0.125. The summed E-state index contributed by atoms with van der Waals surface area (Å²) in [6.45, 7) is 1.16. The summed E-state index contributed by atoms with van der Waals surface area (Å²) < 4.78 is 35.7. The lowest BCUT2D eigenvalue weighted by Gasteiger charge is -2.26. The molecule has 9 nitrogen and oxygen atoms in total. The molecular formula is C34H34N4O5S. The number of nitriles is 1. The van der Waals surface area contributed by atoms with Crippen LogP contribution in [-0.2, 0) is 32.5 Å². The lowest BCUT2D eigenvalue weighted by atomic mass is 10.0. The third-order valence-corrected chi connectivity index (χ3v) is 9.46. The highest BCUT2D eigenvalue weighted by Gasteiger charge is 2.37. The fourth-order valence-electron chi connectivity index (χ4n) is 5.38. The topological polar surface area (TPSA) is 129 Å². The second-order valence-electron chi connectivity index (χ2n) is 10.9. The largest absolute Gasteiger partial charge is 0.497 e. The Morgan fingerprint density at radius 2 is 1.52 bits per heavy atom. The van der Waals surface area contributed by atoms with Crippen molar-refractivity contribution >= 4 is 38.3 Å². The molecule has 2 unspecified atom stereocenters. The van der Waals surface area contributed by atoms with E-state index in [1.165, 1.54) is 7.11 Å². The minimum atomic E-state index is -4.28. The highest BCUT2D eigenvalue weighted by molar-refractivity contribution is 7.94. The van der Waals surface area contributed by atoms with Crippen LogP contribution in [0.2, 0.25) is 0 Å². The van der Waals surface area contributed by atoms with E-state index in [-0.39, 0.29) is 18.7 Å². The predicted octanol–water partition coefficient (Wildman–Crippen LogP) is 4.42. The first-order chi connectivity index (χ1) is 21.3. The van der Waals surface area contributed by atoms with E-state index in [4.69, 9.17) is 10.00 Å². The van der Waals surface area contributed by atoms with Gasteiger partial charge in [-0.05, 0) is 77.6 Å². The summed E-state index contributed by atoms with van der Waals surface area (Å²) in [6, 6.07) is 27.5. The molecule has 0 aliphatic carbocycles. The summed E-state index contributed by atoms with van der Waals surface area (Å²) in [5, 5.41) is 12.2. The first-order valence-electron chi connectivity index (χ1n) is 14.5. The summed E-state index contributed by atoms with van der Waals surface area (Å²) >= 11 is 0. The van der Waals surface area contributed by atoms with Crippen LogP contribution in [-0.4, -0.2) is 56.6 Å². The zero-order chi connectivity index (χ0) is 31.1. The molecule has 2 atom stereocenters. The van der Waals surface area contributed by atoms with Crippen molar-refractivity contribution in [1.29, 1.82) is 5.26 Å². The molecule has 0 aromatic heterocycles. The molecule has 10 heteroatoms. The number of likely N-dealkylation sites (tertiary alicyclic amines) is 1. The number of sulfonamides is 1. The average Bonchev–Trinajstić information content (AvgIpc) is 3.58. The van der Waals surface area contributed by atoms with Crippen molar-refractivity contribution in [2.45, 2.75) is 37.0 Å². The smallest absolute Gasteiger partial charge is 0.245 e. The molecule has 1 fully saturated rings. The maximum Gasteiger partial charge on any atom is 0.245 e. The van der Waals surface area contributed by atoms with Crippen LogP contribution in [0.1, 0.15) is 29.5 Å². The molecule has 1 saturated heterocycles. The van der Waals surface area contributed by atoms with Gasteiger partial charge in [0.2, 0.25) is 21.8 Å². The van der Waals surface area contributed by atoms with Crippen molar-refractivity contribution in [2.24, 2.45) is 0 Å². The van der Waals surface area contributed by atoms with Gasteiger partial charge in [0.15, 0.2) is 5.25 Å². The van der Waals surface area contributed by atoms with Gasteiger partial charge in [0, 0.05) is 25.2 Å². The van der Waals surface area contributed by atoms with E-state index in [1.807, 2.05) is 30.3 Å². The van der Waals surface area contributed by atoms with Gasteiger partial charge in [-0.2, -0.15) is 5.26 Å². The summed E-state index contributed by atoms with van der Waals surface area (Å²) in [4.78, 5) is 29.3. The van der Waals surface area contributed by atoms with E-state index >= 15 is 0 Å². The van der Waals surface area contributed by atoms with E-state index < -0.39 is 27.2 Å². The second kappa shape index (κ2) is 13.6. The number of nitrogens with zero attached hydrogens (tertiary/aromatic N) is 2. The van der Waals surface area contributed by atoms with E-state index in [0.29, 0.717) is 35.7 Å². The molecule has 0 saturated carbocycles. The molecule has 1 heterocycles. The quantitative estimate of drug-likeness (QED) is 0.259. The van der Waals surface area contributed by atoms with E-state index in [9.17, 15) is 18.0 Å². The number of methoxy groups -OCH3 is 1. The van der Waals surface area contributed by atoms with Crippen LogP contribution >= 0.6 is 0 Å². The standard InChI is InChI=1S/C34H34N4O5S/c1-43-30-16-12-25(13-17-30)21-32(44(41,42)37-29-15-14-27-6-2-3-7-28(27)22-29)33(39)36-31(34(40)38-18-4-5-19-38)20-24-8-10-26(23-35)11-9-24/h2-3,6-17,22,31-32,37H,4-5,18-21H2,1H3,(H,36,39). The number of amides is 2. The number of fused-ring (bicyclic) bond motifs is 1. The molecule has 0 bridgehead atoms. The molecular weight excluding hydrogens is 576 g/mol. The Kier molecular flexibility index (Phi) is 9.46. The van der Waals surface area contributed by atoms with E-state index in [1.54, 1.807) is 65.6 Å². The molecule has 1 aliphatic heterocycles. The van der Waals surface area contributed by atoms with Crippen LogP contribution in [0.4, 0.5) is 5.69 Å². The van der Waals surface area contributed by atoms with Crippen LogP contribution in [0.15, 0.2) is 91.0 Å². The van der Waals surface area contributed by atoms with Crippen LogP contribution in [0.3, 0.4) is 0 Å². The van der Waals surface area contributed by atoms with Crippen LogP contribution in [0, 0.1) is 11.3 Å². The third kappa shape index (κ3) is 7.36. The number of nitrogens with one attached hydrogen (secondary N) is 2. The van der Waals surface area contributed by atoms with Crippen LogP contribution in [0.25, 0.3) is 10.8 Å². The first-order valence-corrected chi connectivity index (χ1v) is 16.0. The molecule has 0 spiro atoms. The SMILES string of the molecule is COc1ccc(CC(C(=O)NC(Cc2ccc(C#N)cc2)C(=O)N2CCCC2)S(=O)(=O)Nc2ccc3ccccc3c2)cc1. The molecule has 4 aromatic carbocycles. The fraction of sp³-hybridized carbons (Fsp3) is 0.265. The molecule has 1 aliphatic rings. The highest BCUT2D eigenvalue weighted by atomic mass is 32.2. The van der Waals surface area contributed by atoms with E-state index in [2.05, 4.69) is 16.1 Å². The molecule has 2 amide bonds. The Bertz CT molecular complexity index is 1780. The normalized spacial score (nSPS) is 14.4. The zero-order valence-electron chi connectivity index (χ0n) is 24.4. The first kappa shape index (κ1) is 30.6. The summed E-state index contributed by atoms with van der Waals surface area (Å²) in [6.07, 6.45) is 1.77. The van der Waals surface area contributed by atoms with Gasteiger partial charge in [0.05, 0.1) is 18.7 Å². The third-order valence-electron chi connectivity index (χ3n) is 7.81. The van der Waals surface area contributed by atoms with Crippen molar-refractivity contribution < 1.29 is 22.7 Å². The molecule has 226 valence electrons. The Morgan fingerprint density at radius 1 is 0.886 bits per heavy atom. The van der Waals surface area contributed by atoms with Gasteiger partial charge in [-0.1, -0.05) is 54.6 Å². The van der Waals surface area contributed by atoms with Crippen molar-refractivity contribution in [3.63, 3.8) is 0 Å². The Balaban J connectivity index is 1.45. The molecule has 44 heavy (non-hydrogen) atoms. The Hall–Kier alpha value is -4.88. The number of ether oxygens (including phenoxy) is 1. The number of carbonyl (C=O) groups is 2. The van der Waals surface area contributed by atoms with Gasteiger partial charge < -0.3 is 15.0 Å². The predicted molar refractivity (Wildman–Crippen MR) is 170 cm³/mol. The van der Waals surface area contributed by atoms with Crippen molar-refractivity contribution in [3.05, 3.63) is 108 Å². The average molecular weight is 611 g/mol. The summed E-state index contributed by atoms with van der Waals surface area (Å²) in [5.74, 6) is -0.436. The monoisotopic (exact) mass is 610 g/mol. The Labute approximate surface area is 257 Å². The maximum atomic E-state index is 14.0. The highest BCUT2D eigenvalue weighted by Crippen LogP contribution is 2.23. The van der Waals surface area contributed by atoms with Gasteiger partial charge >= 0.3 is 0 Å². The Morgan fingerprint density at radius 3 is 2.18 bits per heavy atom. The van der Waals surface area contributed by atoms with Gasteiger partial charge in [0.1, 0.15) is 11.8 Å². The number of anilines is 1. The summed E-state index contributed by atoms with van der Waals surface area (Å²) in [7, 11) is -2.75. The van der Waals surface area contributed by atoms with Crippen molar-refractivity contribution in [1.82, 2.24) is 10.2 Å². The molecule has 4 aromatic rings. The summed E-state index contributed by atoms with van der Waals surface area (Å²) in [5.41, 5.74) is 2.17. The van der Waals surface area contributed by atoms with Crippen LogP contribution < -0.4 is 14.8 Å². The lowest BCUT2D eigenvalue weighted by Crippen LogP contribution is -2.53. The number of rotatable bonds is 11. The maximum absolute atomic E-state index is 14.0. The number of hydrogen-bond donors (Lipinski definition) is 2. The van der Waals surface area contributed by atoms with Crippen molar-refractivity contribution in [3.8, 4) is 11.8 Å². The zero-order valence-corrected chi connectivity index (χ0v) is 25.2. The van der Waals surface area contributed by atoms with Crippen molar-refractivity contribution in [2.75, 3.05) is 24.9 Å². The number of carbonyl (C=O) groups excluding carboxylic acids is 2. The van der Waals surface area contributed by atoms with Gasteiger partial charge in [-0.3, -0.25) is 14.3 Å². The minimum Gasteiger partial charge on any atom is -0.497 e. The molecule has 2 N–H and O–H groups in total. The number of hydrogen-bond acceptors (Lipinski definition) is 6. The molecule has 5 rings (SSSR count). The lowest BCUT2D eigenvalue weighted by molar-refractivity contribution is -0.135. The fourth-order valence-corrected chi connectivity index (χ4v) is 6.74. The van der Waals surface area contributed by atoms with E-state index in [0.717, 1.165) is 29.2 Å². The van der Waals surface area contributed by atoms with Crippen LogP contribution in [0.5, 0.6) is 5.75 Å². The second-order valence-corrected chi connectivity index (χ2v) is 12.7. The van der Waals surface area contributed by atoms with Gasteiger partial charge in [-0.25, -0.2) is 8.42 Å². The van der Waals surface area contributed by atoms with Gasteiger partial charge in [0.25, 0.3) is 0 Å². The van der Waals surface area contributed by atoms with Gasteiger partial charge in [-0.15, -0.1) is 0 Å². The number of benzene rings is 4.